The number of amides is 1. The Bertz CT molecular complexity index is 2240. The molecule has 56 heavy (non-hydrogen) atoms. The molecule has 0 radical (unpaired) electrons. The monoisotopic (exact) mass is 785 g/mol. The topological polar surface area (TPSA) is 100 Å². The zero-order chi connectivity index (χ0) is 40.5. The third kappa shape index (κ3) is 8.94. The summed E-state index contributed by atoms with van der Waals surface area (Å²) in [6.45, 7) is 19.3. The minimum atomic E-state index is -0.721. The van der Waals surface area contributed by atoms with Crippen LogP contribution < -0.4 is 9.47 Å². The number of halogens is 1. The van der Waals surface area contributed by atoms with Gasteiger partial charge in [0.15, 0.2) is 0 Å². The van der Waals surface area contributed by atoms with E-state index in [0.717, 1.165) is 61.3 Å². The smallest absolute Gasteiger partial charge is 0.410 e. The van der Waals surface area contributed by atoms with E-state index in [1.54, 1.807) is 12.0 Å². The Morgan fingerprint density at radius 3 is 2.20 bits per heavy atom. The molecule has 0 aliphatic carbocycles. The van der Waals surface area contributed by atoms with Gasteiger partial charge < -0.3 is 28.4 Å². The lowest BCUT2D eigenvalue weighted by molar-refractivity contribution is 0.00509. The molecule has 1 aliphatic rings. The number of fused-ring (bicyclic) bond motifs is 2. The summed E-state index contributed by atoms with van der Waals surface area (Å²) >= 11 is 7.16. The summed E-state index contributed by atoms with van der Waals surface area (Å²) < 4.78 is 27.8. The number of aryl methyl sites for hydroxylation is 3. The Kier molecular flexibility index (Phi) is 12.0. The number of piperazine rings is 1. The Morgan fingerprint density at radius 1 is 0.857 bits per heavy atom. The molecule has 3 aromatic carbocycles. The average Bonchev–Trinajstić information content (AvgIpc) is 3.58. The van der Waals surface area contributed by atoms with Crippen molar-refractivity contribution in [2.75, 3.05) is 46.4 Å². The molecule has 0 saturated carbocycles. The van der Waals surface area contributed by atoms with Gasteiger partial charge in [0.25, 0.3) is 0 Å². The summed E-state index contributed by atoms with van der Waals surface area (Å²) in [5.74, 6) is 1.09. The van der Waals surface area contributed by atoms with Crippen LogP contribution in [0.1, 0.15) is 75.4 Å². The fraction of sp³-hybridized carbons (Fsp3) is 0.477. The Morgan fingerprint density at radius 2 is 1.55 bits per heavy atom. The van der Waals surface area contributed by atoms with Crippen LogP contribution in [0.2, 0.25) is 5.02 Å². The van der Waals surface area contributed by atoms with Crippen LogP contribution in [0.25, 0.3) is 32.8 Å². The highest BCUT2D eigenvalue weighted by Crippen LogP contribution is 2.42. The number of rotatable bonds is 11. The van der Waals surface area contributed by atoms with Crippen LogP contribution in [0.15, 0.2) is 48.5 Å². The zero-order valence-electron chi connectivity index (χ0n) is 34.5. The number of aromatic nitrogens is 3. The molecular weight excluding hydrogens is 730 g/mol. The Balaban J connectivity index is 1.39. The molecule has 2 aromatic heterocycles. The van der Waals surface area contributed by atoms with Gasteiger partial charge in [-0.15, -0.1) is 0 Å². The number of esters is 1. The molecule has 12 heteroatoms. The van der Waals surface area contributed by atoms with Gasteiger partial charge >= 0.3 is 12.1 Å². The minimum Gasteiger partial charge on any atom is -0.497 e. The van der Waals surface area contributed by atoms with Gasteiger partial charge in [-0.25, -0.2) is 9.59 Å². The highest BCUT2D eigenvalue weighted by atomic mass is 35.5. The molecule has 3 heterocycles. The highest BCUT2D eigenvalue weighted by molar-refractivity contribution is 6.35. The van der Waals surface area contributed by atoms with Crippen molar-refractivity contribution in [2.45, 2.75) is 86.0 Å². The third-order valence-electron chi connectivity index (χ3n) is 10.2. The number of hydrogen-bond acceptors (Lipinski definition) is 8. The molecule has 1 aliphatic heterocycles. The normalized spacial score (nSPS) is 14.1. The molecule has 0 bridgehead atoms. The fourth-order valence-corrected chi connectivity index (χ4v) is 7.79. The minimum absolute atomic E-state index is 0.296. The summed E-state index contributed by atoms with van der Waals surface area (Å²) in [4.78, 5) is 31.4. The molecular formula is C44H56ClN5O6. The van der Waals surface area contributed by atoms with Gasteiger partial charge in [0.05, 0.1) is 29.9 Å². The van der Waals surface area contributed by atoms with Crippen LogP contribution in [0.5, 0.6) is 11.5 Å². The SMILES string of the molecule is COc1cc(OCCCc2c(C(=O)OC(C)(C)C)n(CCN3CCN(C(=O)OC(C)(C)C)CC3)c3c(-c4c(C)nn(C)c4C)c(Cl)ccc23)c2ccccc2c1. The number of hydrogen-bond donors (Lipinski definition) is 0. The van der Waals surface area contributed by atoms with Crippen molar-refractivity contribution >= 4 is 45.3 Å². The molecule has 0 spiro atoms. The van der Waals surface area contributed by atoms with E-state index in [1.807, 2.05) is 116 Å². The largest absolute Gasteiger partial charge is 0.497 e. The molecule has 11 nitrogen and oxygen atoms in total. The van der Waals surface area contributed by atoms with Gasteiger partial charge in [-0.1, -0.05) is 41.9 Å². The summed E-state index contributed by atoms with van der Waals surface area (Å²) in [7, 11) is 3.58. The predicted molar refractivity (Wildman–Crippen MR) is 222 cm³/mol. The summed E-state index contributed by atoms with van der Waals surface area (Å²) in [6, 6.07) is 16.0. The molecule has 5 aromatic rings. The maximum atomic E-state index is 14.5. The number of methoxy groups -OCH3 is 1. The standard InChI is InChI=1S/C44H56ClN5O6/c1-28-37(29(2)47(9)46-28)38-35(45)18-17-34-33(16-13-25-54-36-27-31(53-10)26-30-14-11-12-15-32(30)36)40(41(51)55-43(3,4)5)50(39(34)38)24-21-48-19-22-49(23-20-48)42(52)56-44(6,7)8/h11-12,14-15,17-18,26-27H,13,16,19-25H2,1-10H3. The van der Waals surface area contributed by atoms with Crippen molar-refractivity contribution in [2.24, 2.45) is 7.05 Å². The van der Waals surface area contributed by atoms with E-state index in [0.29, 0.717) is 69.4 Å². The number of carbonyl (C=O) groups is 2. The van der Waals surface area contributed by atoms with E-state index in [1.165, 1.54) is 0 Å². The maximum Gasteiger partial charge on any atom is 0.410 e. The molecule has 0 N–H and O–H groups in total. The van der Waals surface area contributed by atoms with Gasteiger partial charge in [-0.2, -0.15) is 5.10 Å². The lowest BCUT2D eigenvalue weighted by Crippen LogP contribution is -2.50. The van der Waals surface area contributed by atoms with Crippen LogP contribution in [-0.2, 0) is 29.5 Å². The van der Waals surface area contributed by atoms with Crippen molar-refractivity contribution < 1.29 is 28.5 Å². The summed E-state index contributed by atoms with van der Waals surface area (Å²) in [5.41, 5.74) is 4.62. The molecule has 1 fully saturated rings. The van der Waals surface area contributed by atoms with E-state index < -0.39 is 11.2 Å². The second kappa shape index (κ2) is 16.4. The lowest BCUT2D eigenvalue weighted by Gasteiger charge is -2.35. The third-order valence-corrected chi connectivity index (χ3v) is 10.5. The van der Waals surface area contributed by atoms with Crippen LogP contribution in [0.4, 0.5) is 4.79 Å². The van der Waals surface area contributed by atoms with E-state index in [9.17, 15) is 9.59 Å². The number of benzene rings is 3. The molecule has 1 amide bonds. The van der Waals surface area contributed by atoms with E-state index in [-0.39, 0.29) is 12.1 Å². The molecule has 300 valence electrons. The Hall–Kier alpha value is -4.74. The van der Waals surface area contributed by atoms with Gasteiger partial charge in [0.2, 0.25) is 0 Å². The van der Waals surface area contributed by atoms with Gasteiger partial charge in [0, 0.05) is 80.0 Å². The zero-order valence-corrected chi connectivity index (χ0v) is 35.3. The highest BCUT2D eigenvalue weighted by Gasteiger charge is 2.32. The number of carbonyl (C=O) groups excluding carboxylic acids is 2. The lowest BCUT2D eigenvalue weighted by atomic mass is 9.98. The van der Waals surface area contributed by atoms with Crippen molar-refractivity contribution in [3.8, 4) is 22.6 Å². The summed E-state index contributed by atoms with van der Waals surface area (Å²) in [5, 5.41) is 8.31. The predicted octanol–water partition coefficient (Wildman–Crippen LogP) is 8.99. The first-order chi connectivity index (χ1) is 26.5. The molecule has 0 atom stereocenters. The van der Waals surface area contributed by atoms with Crippen LogP contribution in [0, 0.1) is 13.8 Å². The van der Waals surface area contributed by atoms with Crippen LogP contribution in [-0.4, -0.2) is 93.9 Å². The van der Waals surface area contributed by atoms with E-state index >= 15 is 0 Å². The van der Waals surface area contributed by atoms with Crippen LogP contribution in [0.3, 0.4) is 0 Å². The number of nitrogens with zero attached hydrogens (tertiary/aromatic N) is 5. The first-order valence-corrected chi connectivity index (χ1v) is 19.8. The quantitative estimate of drug-likeness (QED) is 0.0967. The maximum absolute atomic E-state index is 14.5. The first-order valence-electron chi connectivity index (χ1n) is 19.4. The van der Waals surface area contributed by atoms with Crippen molar-refractivity contribution in [1.82, 2.24) is 24.1 Å². The second-order valence-electron chi connectivity index (χ2n) is 16.6. The second-order valence-corrected chi connectivity index (χ2v) is 17.0. The van der Waals surface area contributed by atoms with Crippen molar-refractivity contribution in [3.05, 3.63) is 76.2 Å². The van der Waals surface area contributed by atoms with Crippen LogP contribution >= 0.6 is 11.6 Å². The molecule has 6 rings (SSSR count). The van der Waals surface area contributed by atoms with Gasteiger partial charge in [-0.05, 0) is 91.3 Å². The van der Waals surface area contributed by atoms with E-state index in [4.69, 9.17) is 35.6 Å². The molecule has 0 unspecified atom stereocenters. The van der Waals surface area contributed by atoms with E-state index in [2.05, 4.69) is 9.47 Å². The fourth-order valence-electron chi connectivity index (χ4n) is 7.54. The van der Waals surface area contributed by atoms with Crippen molar-refractivity contribution in [3.63, 3.8) is 0 Å². The molecule has 1 saturated heterocycles. The average molecular weight is 786 g/mol. The summed E-state index contributed by atoms with van der Waals surface area (Å²) in [6.07, 6.45) is 0.895. The Labute approximate surface area is 335 Å². The number of ether oxygens (including phenoxy) is 4. The van der Waals surface area contributed by atoms with Crippen molar-refractivity contribution in [1.29, 1.82) is 0 Å². The van der Waals surface area contributed by atoms with Gasteiger partial charge in [0.1, 0.15) is 28.4 Å². The first kappa shape index (κ1) is 40.9. The van der Waals surface area contributed by atoms with Gasteiger partial charge in [-0.3, -0.25) is 9.58 Å².